The normalized spacial score (nSPS) is 15.0. The number of nitrogens with zero attached hydrogens (tertiary/aromatic N) is 1. The highest BCUT2D eigenvalue weighted by Crippen LogP contribution is 2.26. The molecule has 0 saturated heterocycles. The van der Waals surface area contributed by atoms with E-state index in [4.69, 9.17) is 0 Å². The molecule has 1 aromatic carbocycles. The van der Waals surface area contributed by atoms with Crippen molar-refractivity contribution in [2.75, 3.05) is 26.7 Å². The number of benzene rings is 1. The molecule has 0 radical (unpaired) electrons. The minimum atomic E-state index is -4.35. The molecule has 1 saturated carbocycles. The van der Waals surface area contributed by atoms with Crippen molar-refractivity contribution in [1.29, 1.82) is 0 Å². The van der Waals surface area contributed by atoms with Gasteiger partial charge in [-0.3, -0.25) is 9.79 Å². The van der Waals surface area contributed by atoms with Crippen LogP contribution in [0, 0.1) is 5.92 Å². The van der Waals surface area contributed by atoms with Crippen LogP contribution in [0.5, 0.6) is 5.75 Å². The Morgan fingerprint density at radius 2 is 1.71 bits per heavy atom. The summed E-state index contributed by atoms with van der Waals surface area (Å²) in [6.45, 7) is 0.198. The smallest absolute Gasteiger partial charge is 0.422 e. The number of alkyl halides is 3. The SMILES string of the molecule is CN=C(NCCNC(=O)CC1CCCCC1)NCc1ccc(OCC(F)(F)F)cc1.I. The highest BCUT2D eigenvalue weighted by molar-refractivity contribution is 14.0. The predicted octanol–water partition coefficient (Wildman–Crippen LogP) is 4.00. The maximum Gasteiger partial charge on any atom is 0.422 e. The number of rotatable bonds is 9. The van der Waals surface area contributed by atoms with Crippen LogP contribution in [0.3, 0.4) is 0 Å². The lowest BCUT2D eigenvalue weighted by molar-refractivity contribution is -0.153. The van der Waals surface area contributed by atoms with E-state index in [0.717, 1.165) is 18.4 Å². The Hall–Kier alpha value is -1.72. The lowest BCUT2D eigenvalue weighted by Gasteiger charge is -2.20. The Balaban J connectivity index is 0.00000480. The van der Waals surface area contributed by atoms with E-state index in [0.29, 0.717) is 37.9 Å². The minimum absolute atomic E-state index is 0. The number of carbonyl (C=O) groups is 1. The number of hydrogen-bond donors (Lipinski definition) is 3. The van der Waals surface area contributed by atoms with Gasteiger partial charge in [0.15, 0.2) is 12.6 Å². The van der Waals surface area contributed by atoms with Gasteiger partial charge in [-0.1, -0.05) is 31.4 Å². The molecule has 1 aromatic rings. The maximum absolute atomic E-state index is 12.2. The quantitative estimate of drug-likeness (QED) is 0.186. The molecule has 1 fully saturated rings. The fourth-order valence-electron chi connectivity index (χ4n) is 3.38. The first kappa shape index (κ1) is 27.3. The molecule has 10 heteroatoms. The largest absolute Gasteiger partial charge is 0.484 e. The molecule has 2 rings (SSSR count). The van der Waals surface area contributed by atoms with E-state index in [1.54, 1.807) is 19.2 Å². The Morgan fingerprint density at radius 3 is 2.32 bits per heavy atom. The van der Waals surface area contributed by atoms with Crippen LogP contribution >= 0.6 is 24.0 Å². The first-order valence-corrected chi connectivity index (χ1v) is 10.4. The van der Waals surface area contributed by atoms with Crippen LogP contribution in [-0.4, -0.2) is 44.8 Å². The molecule has 0 heterocycles. The molecule has 0 spiro atoms. The average Bonchev–Trinajstić information content (AvgIpc) is 2.72. The van der Waals surface area contributed by atoms with Crippen LogP contribution in [0.1, 0.15) is 44.1 Å². The zero-order valence-corrected chi connectivity index (χ0v) is 20.1. The van der Waals surface area contributed by atoms with E-state index < -0.39 is 12.8 Å². The average molecular weight is 556 g/mol. The van der Waals surface area contributed by atoms with Gasteiger partial charge in [0.1, 0.15) is 5.75 Å². The van der Waals surface area contributed by atoms with Crippen molar-refractivity contribution in [3.05, 3.63) is 29.8 Å². The summed E-state index contributed by atoms with van der Waals surface area (Å²) < 4.78 is 41.2. The number of hydrogen-bond acceptors (Lipinski definition) is 3. The van der Waals surface area contributed by atoms with Gasteiger partial charge in [-0.25, -0.2) is 0 Å². The first-order chi connectivity index (χ1) is 14.4. The third-order valence-electron chi connectivity index (χ3n) is 4.95. The molecule has 3 N–H and O–H groups in total. The molecule has 31 heavy (non-hydrogen) atoms. The molecular formula is C21H32F3IN4O2. The molecule has 1 aliphatic rings. The highest BCUT2D eigenvalue weighted by Gasteiger charge is 2.28. The first-order valence-electron chi connectivity index (χ1n) is 10.4. The van der Waals surface area contributed by atoms with E-state index in [1.807, 2.05) is 0 Å². The maximum atomic E-state index is 12.2. The lowest BCUT2D eigenvalue weighted by atomic mass is 9.87. The van der Waals surface area contributed by atoms with E-state index >= 15 is 0 Å². The number of ether oxygens (including phenoxy) is 1. The number of aliphatic imine (C=N–C) groups is 1. The van der Waals surface area contributed by atoms with Crippen molar-refractivity contribution in [3.8, 4) is 5.75 Å². The van der Waals surface area contributed by atoms with Crippen molar-refractivity contribution < 1.29 is 22.7 Å². The molecule has 0 aliphatic heterocycles. The topological polar surface area (TPSA) is 74.8 Å². The second-order valence-corrected chi connectivity index (χ2v) is 7.46. The number of amides is 1. The molecule has 1 aliphatic carbocycles. The van der Waals surface area contributed by atoms with Crippen LogP contribution in [0.15, 0.2) is 29.3 Å². The highest BCUT2D eigenvalue weighted by atomic mass is 127. The summed E-state index contributed by atoms with van der Waals surface area (Å²) in [6.07, 6.45) is 2.29. The van der Waals surface area contributed by atoms with Crippen LogP contribution in [0.2, 0.25) is 0 Å². The van der Waals surface area contributed by atoms with Gasteiger partial charge in [-0.2, -0.15) is 13.2 Å². The lowest BCUT2D eigenvalue weighted by Crippen LogP contribution is -2.41. The Morgan fingerprint density at radius 1 is 1.06 bits per heavy atom. The minimum Gasteiger partial charge on any atom is -0.484 e. The van der Waals surface area contributed by atoms with Gasteiger partial charge in [0, 0.05) is 33.1 Å². The molecular weight excluding hydrogens is 524 g/mol. The summed E-state index contributed by atoms with van der Waals surface area (Å²) >= 11 is 0. The Kier molecular flexibility index (Phi) is 12.7. The van der Waals surface area contributed by atoms with Crippen molar-refractivity contribution in [3.63, 3.8) is 0 Å². The van der Waals surface area contributed by atoms with Crippen molar-refractivity contribution in [2.45, 2.75) is 51.2 Å². The summed E-state index contributed by atoms with van der Waals surface area (Å²) in [6, 6.07) is 6.39. The van der Waals surface area contributed by atoms with E-state index in [2.05, 4.69) is 25.7 Å². The van der Waals surface area contributed by atoms with Crippen LogP contribution in [-0.2, 0) is 11.3 Å². The Labute approximate surface area is 198 Å². The van der Waals surface area contributed by atoms with E-state index in [1.165, 1.54) is 31.4 Å². The van der Waals surface area contributed by atoms with Gasteiger partial charge in [0.05, 0.1) is 0 Å². The molecule has 0 bridgehead atoms. The predicted molar refractivity (Wildman–Crippen MR) is 126 cm³/mol. The van der Waals surface area contributed by atoms with Gasteiger partial charge in [-0.15, -0.1) is 24.0 Å². The second-order valence-electron chi connectivity index (χ2n) is 7.46. The number of halogens is 4. The zero-order chi connectivity index (χ0) is 21.8. The summed E-state index contributed by atoms with van der Waals surface area (Å²) in [7, 11) is 1.64. The molecule has 0 atom stereocenters. The van der Waals surface area contributed by atoms with Crippen molar-refractivity contribution >= 4 is 35.8 Å². The fraction of sp³-hybridized carbons (Fsp3) is 0.619. The fourth-order valence-corrected chi connectivity index (χ4v) is 3.38. The van der Waals surface area contributed by atoms with Crippen LogP contribution in [0.4, 0.5) is 13.2 Å². The molecule has 0 aromatic heterocycles. The Bertz CT molecular complexity index is 678. The zero-order valence-electron chi connectivity index (χ0n) is 17.8. The number of nitrogens with one attached hydrogen (secondary N) is 3. The van der Waals surface area contributed by atoms with Gasteiger partial charge in [-0.05, 0) is 36.5 Å². The van der Waals surface area contributed by atoms with Crippen LogP contribution < -0.4 is 20.7 Å². The van der Waals surface area contributed by atoms with Crippen molar-refractivity contribution in [1.82, 2.24) is 16.0 Å². The van der Waals surface area contributed by atoms with Gasteiger partial charge in [0.25, 0.3) is 0 Å². The summed E-state index contributed by atoms with van der Waals surface area (Å²) in [4.78, 5) is 16.1. The third kappa shape index (κ3) is 12.0. The van der Waals surface area contributed by atoms with Crippen molar-refractivity contribution in [2.24, 2.45) is 10.9 Å². The molecule has 6 nitrogen and oxygen atoms in total. The summed E-state index contributed by atoms with van der Waals surface area (Å²) in [5.41, 5.74) is 0.873. The third-order valence-corrected chi connectivity index (χ3v) is 4.95. The van der Waals surface area contributed by atoms with E-state index in [9.17, 15) is 18.0 Å². The standard InChI is InChI=1S/C21H31F3N4O2.HI/c1-25-20(27-12-11-26-19(29)13-16-5-3-2-4-6-16)28-14-17-7-9-18(10-8-17)30-15-21(22,23)24;/h7-10,16H,2-6,11-15H2,1H3,(H,26,29)(H2,25,27,28);1H. The summed E-state index contributed by atoms with van der Waals surface area (Å²) in [5, 5.41) is 9.18. The molecule has 1 amide bonds. The number of guanidine groups is 1. The van der Waals surface area contributed by atoms with Gasteiger partial charge >= 0.3 is 6.18 Å². The summed E-state index contributed by atoms with van der Waals surface area (Å²) in [5.74, 6) is 1.36. The monoisotopic (exact) mass is 556 g/mol. The van der Waals surface area contributed by atoms with Crippen LogP contribution in [0.25, 0.3) is 0 Å². The number of carbonyl (C=O) groups excluding carboxylic acids is 1. The molecule has 176 valence electrons. The van der Waals surface area contributed by atoms with Gasteiger partial charge < -0.3 is 20.7 Å². The second kappa shape index (κ2) is 14.4. The molecule has 0 unspecified atom stereocenters. The van der Waals surface area contributed by atoms with Gasteiger partial charge in [0.2, 0.25) is 5.91 Å². The van der Waals surface area contributed by atoms with E-state index in [-0.39, 0.29) is 35.6 Å².